The molecule has 9 heteroatoms. The molecule has 1 saturated heterocycles. The van der Waals surface area contributed by atoms with Crippen molar-refractivity contribution in [3.63, 3.8) is 0 Å². The summed E-state index contributed by atoms with van der Waals surface area (Å²) in [5, 5.41) is 23.2. The molecule has 3 heterocycles. The molecule has 1 aliphatic heterocycles. The van der Waals surface area contributed by atoms with Crippen molar-refractivity contribution in [1.29, 1.82) is 0 Å². The van der Waals surface area contributed by atoms with Gasteiger partial charge in [-0.1, -0.05) is 0 Å². The highest BCUT2D eigenvalue weighted by Gasteiger charge is 2.55. The van der Waals surface area contributed by atoms with Crippen molar-refractivity contribution in [1.82, 2.24) is 19.6 Å². The third kappa shape index (κ3) is 1.96. The number of imidazole rings is 1. The number of alkyl halides is 1. The van der Waals surface area contributed by atoms with E-state index in [0.29, 0.717) is 11.5 Å². The summed E-state index contributed by atoms with van der Waals surface area (Å²) in [5.41, 5.74) is 4.27. The average Bonchev–Trinajstić information content (AvgIpc) is 2.91. The van der Waals surface area contributed by atoms with Gasteiger partial charge in [0.2, 0.25) is 0 Å². The molecule has 0 aromatic carbocycles. The summed E-state index contributed by atoms with van der Waals surface area (Å²) in [6.07, 6.45) is -2.18. The molecule has 0 spiro atoms. The molecule has 0 bridgehead atoms. The molecule has 2 aromatic rings. The predicted octanol–water partition coefficient (Wildman–Crippen LogP) is -0.464. The highest BCUT2D eigenvalue weighted by Crippen LogP contribution is 2.44. The Hall–Kier alpha value is -1.84. The van der Waals surface area contributed by atoms with Gasteiger partial charge in [0.05, 0.1) is 18.5 Å². The van der Waals surface area contributed by atoms with Crippen LogP contribution in [-0.4, -0.2) is 54.3 Å². The van der Waals surface area contributed by atoms with Crippen molar-refractivity contribution in [3.05, 3.63) is 17.7 Å². The lowest BCUT2D eigenvalue weighted by Crippen LogP contribution is -2.39. The first kappa shape index (κ1) is 14.1. The normalized spacial score (nSPS) is 32.9. The van der Waals surface area contributed by atoms with Crippen molar-refractivity contribution < 1.29 is 19.3 Å². The lowest BCUT2D eigenvalue weighted by atomic mass is 9.93. The fourth-order valence-corrected chi connectivity index (χ4v) is 2.61. The zero-order valence-electron chi connectivity index (χ0n) is 11.6. The summed E-state index contributed by atoms with van der Waals surface area (Å²) in [5.74, 6) is 0.573. The maximum atomic E-state index is 14.8. The van der Waals surface area contributed by atoms with Gasteiger partial charge in [-0.3, -0.25) is 0 Å². The van der Waals surface area contributed by atoms with E-state index in [2.05, 4.69) is 15.1 Å². The topological polar surface area (TPSA) is 119 Å². The molecule has 0 radical (unpaired) electrons. The van der Waals surface area contributed by atoms with E-state index in [1.807, 2.05) is 0 Å². The lowest BCUT2D eigenvalue weighted by molar-refractivity contribution is -0.0248. The monoisotopic (exact) mass is 297 g/mol. The number of nitrogen functional groups attached to an aromatic ring is 1. The predicted molar refractivity (Wildman–Crippen MR) is 70.2 cm³/mol. The molecular weight excluding hydrogens is 281 g/mol. The van der Waals surface area contributed by atoms with Crippen molar-refractivity contribution in [3.8, 4) is 0 Å². The van der Waals surface area contributed by atoms with Crippen LogP contribution in [-0.2, 0) is 4.74 Å². The molecule has 1 fully saturated rings. The quantitative estimate of drug-likeness (QED) is 0.686. The molecule has 114 valence electrons. The Morgan fingerprint density at radius 1 is 1.57 bits per heavy atom. The third-order valence-electron chi connectivity index (χ3n) is 3.72. The van der Waals surface area contributed by atoms with Crippen LogP contribution in [0.5, 0.6) is 0 Å². The van der Waals surface area contributed by atoms with Gasteiger partial charge in [0.1, 0.15) is 24.1 Å². The number of hydrogen-bond acceptors (Lipinski definition) is 7. The molecule has 0 aliphatic carbocycles. The summed E-state index contributed by atoms with van der Waals surface area (Å²) in [6.45, 7) is 2.38. The Morgan fingerprint density at radius 2 is 2.29 bits per heavy atom. The number of anilines is 1. The maximum absolute atomic E-state index is 14.8. The van der Waals surface area contributed by atoms with E-state index < -0.39 is 30.6 Å². The van der Waals surface area contributed by atoms with Gasteiger partial charge >= 0.3 is 0 Å². The van der Waals surface area contributed by atoms with E-state index in [1.165, 1.54) is 17.6 Å². The van der Waals surface area contributed by atoms with Crippen molar-refractivity contribution >= 4 is 11.5 Å². The Morgan fingerprint density at radius 3 is 2.90 bits per heavy atom. The summed E-state index contributed by atoms with van der Waals surface area (Å²) >= 11 is 0. The van der Waals surface area contributed by atoms with Gasteiger partial charge in [0.25, 0.3) is 0 Å². The molecule has 3 rings (SSSR count). The Bertz CT molecular complexity index is 689. The second kappa shape index (κ2) is 4.58. The number of aliphatic hydroxyl groups excluding tert-OH is 2. The molecular formula is C12H16FN5O3. The van der Waals surface area contributed by atoms with Crippen LogP contribution in [0.25, 0.3) is 5.65 Å². The molecule has 8 nitrogen and oxygen atoms in total. The number of aromatic nitrogens is 4. The van der Waals surface area contributed by atoms with E-state index in [9.17, 15) is 9.50 Å². The second-order valence-corrected chi connectivity index (χ2v) is 5.30. The van der Waals surface area contributed by atoms with Gasteiger partial charge in [-0.2, -0.15) is 5.10 Å². The highest BCUT2D eigenvalue weighted by molar-refractivity contribution is 5.59. The number of aryl methyl sites for hydroxylation is 1. The minimum Gasteiger partial charge on any atom is -0.394 e. The van der Waals surface area contributed by atoms with Crippen LogP contribution in [0.15, 0.2) is 6.20 Å². The van der Waals surface area contributed by atoms with Gasteiger partial charge < -0.3 is 20.7 Å². The third-order valence-corrected chi connectivity index (χ3v) is 3.72. The average molecular weight is 297 g/mol. The number of hydrogen-bond donors (Lipinski definition) is 3. The largest absolute Gasteiger partial charge is 0.394 e. The van der Waals surface area contributed by atoms with Crippen molar-refractivity contribution in [2.75, 3.05) is 12.3 Å². The van der Waals surface area contributed by atoms with E-state index in [0.717, 1.165) is 0 Å². The number of nitrogens with two attached hydrogens (primary N) is 1. The summed E-state index contributed by atoms with van der Waals surface area (Å²) in [4.78, 5) is 8.05. The van der Waals surface area contributed by atoms with Gasteiger partial charge in [0, 0.05) is 0 Å². The molecule has 0 amide bonds. The number of fused-ring (bicyclic) bond motifs is 1. The first-order valence-electron chi connectivity index (χ1n) is 6.47. The van der Waals surface area contributed by atoms with Crippen LogP contribution in [0.1, 0.15) is 24.5 Å². The lowest BCUT2D eigenvalue weighted by Gasteiger charge is -2.23. The molecule has 1 aliphatic rings. The van der Waals surface area contributed by atoms with Crippen LogP contribution in [0.3, 0.4) is 0 Å². The fourth-order valence-electron chi connectivity index (χ4n) is 2.61. The van der Waals surface area contributed by atoms with Crippen LogP contribution in [0.4, 0.5) is 10.2 Å². The van der Waals surface area contributed by atoms with Gasteiger partial charge in [0.15, 0.2) is 17.1 Å². The van der Waals surface area contributed by atoms with E-state index in [1.54, 1.807) is 6.92 Å². The summed E-state index contributed by atoms with van der Waals surface area (Å²) in [7, 11) is 0. The summed E-state index contributed by atoms with van der Waals surface area (Å²) in [6, 6.07) is 0. The Kier molecular flexibility index (Phi) is 3.08. The summed E-state index contributed by atoms with van der Waals surface area (Å²) < 4.78 is 21.6. The molecule has 2 aromatic heterocycles. The second-order valence-electron chi connectivity index (χ2n) is 5.30. The Labute approximate surface area is 119 Å². The maximum Gasteiger partial charge on any atom is 0.196 e. The number of halogens is 1. The van der Waals surface area contributed by atoms with E-state index in [4.69, 9.17) is 15.6 Å². The van der Waals surface area contributed by atoms with Crippen molar-refractivity contribution in [2.24, 2.45) is 0 Å². The SMILES string of the molecule is Cc1nc(N)c2ncc([C@@H]3O[C@H](CO)[C@@H](O)[C@@]3(C)F)n2n1. The number of ether oxygens (including phenoxy) is 1. The van der Waals surface area contributed by atoms with Crippen LogP contribution in [0.2, 0.25) is 0 Å². The van der Waals surface area contributed by atoms with E-state index >= 15 is 0 Å². The molecule has 21 heavy (non-hydrogen) atoms. The van der Waals surface area contributed by atoms with Gasteiger partial charge in [-0.15, -0.1) is 0 Å². The van der Waals surface area contributed by atoms with Crippen molar-refractivity contribution in [2.45, 2.75) is 37.8 Å². The molecule has 0 saturated carbocycles. The number of nitrogens with zero attached hydrogens (tertiary/aromatic N) is 4. The zero-order valence-corrected chi connectivity index (χ0v) is 11.6. The number of aliphatic hydroxyl groups is 2. The molecule has 4 atom stereocenters. The Balaban J connectivity index is 2.13. The minimum absolute atomic E-state index is 0.173. The van der Waals surface area contributed by atoms with Gasteiger partial charge in [-0.05, 0) is 13.8 Å². The van der Waals surface area contributed by atoms with E-state index in [-0.39, 0.29) is 11.5 Å². The van der Waals surface area contributed by atoms with Crippen LogP contribution in [0, 0.1) is 6.92 Å². The molecule has 0 unspecified atom stereocenters. The van der Waals surface area contributed by atoms with Crippen LogP contribution < -0.4 is 5.73 Å². The van der Waals surface area contributed by atoms with Crippen LogP contribution >= 0.6 is 0 Å². The highest BCUT2D eigenvalue weighted by atomic mass is 19.1. The molecule has 4 N–H and O–H groups in total. The smallest absolute Gasteiger partial charge is 0.196 e. The van der Waals surface area contributed by atoms with Gasteiger partial charge in [-0.25, -0.2) is 18.9 Å². The standard InChI is InChI=1S/C12H16FN5O3/c1-5-16-10(14)11-15-3-6(18(11)17-5)9-12(2,13)8(20)7(4-19)21-9/h3,7-9,19-20H,4H2,1-2H3,(H2,14,16,17)/t7-,8-,9+,12-/m1/s1. The zero-order chi connectivity index (χ0) is 15.4. The first-order chi connectivity index (χ1) is 9.86. The first-order valence-corrected chi connectivity index (χ1v) is 6.47. The minimum atomic E-state index is -2.09. The fraction of sp³-hybridized carbons (Fsp3) is 0.583. The number of rotatable bonds is 2.